The average molecular weight is 775 g/mol. The number of nitrogens with zero attached hydrogens (tertiary/aromatic N) is 2. The molecule has 288 valence electrons. The molecule has 2 nitrogen and oxygen atoms in total. The fraction of sp³-hybridized carbons (Fsp3) is 0.222. The van der Waals surface area contributed by atoms with Crippen LogP contribution in [0.5, 0.6) is 0 Å². The highest BCUT2D eigenvalue weighted by atomic mass is 35.5. The van der Waals surface area contributed by atoms with Crippen LogP contribution in [-0.4, -0.2) is 6.71 Å². The lowest BCUT2D eigenvalue weighted by Crippen LogP contribution is -2.61. The van der Waals surface area contributed by atoms with Crippen molar-refractivity contribution in [3.63, 3.8) is 0 Å². The second-order valence-electron chi connectivity index (χ2n) is 18.7. The summed E-state index contributed by atoms with van der Waals surface area (Å²) < 4.78 is 0. The van der Waals surface area contributed by atoms with Crippen LogP contribution in [0.25, 0.3) is 22.3 Å². The third-order valence-corrected chi connectivity index (χ3v) is 12.6. The largest absolute Gasteiger partial charge is 0.311 e. The Morgan fingerprint density at radius 2 is 0.810 bits per heavy atom. The second-order valence-corrected chi connectivity index (χ2v) is 19.1. The van der Waals surface area contributed by atoms with Gasteiger partial charge in [0.1, 0.15) is 0 Å². The van der Waals surface area contributed by atoms with Crippen LogP contribution in [0.4, 0.5) is 34.1 Å². The van der Waals surface area contributed by atoms with E-state index in [0.29, 0.717) is 5.02 Å². The lowest BCUT2D eigenvalue weighted by atomic mass is 9.33. The first-order valence-electron chi connectivity index (χ1n) is 20.7. The maximum Gasteiger partial charge on any atom is 0.252 e. The first kappa shape index (κ1) is 38.0. The maximum absolute atomic E-state index is 7.42. The molecular weight excluding hydrogens is 723 g/mol. The minimum atomic E-state index is -0.0414. The molecule has 58 heavy (non-hydrogen) atoms. The Bertz CT molecular complexity index is 2600. The number of anilines is 6. The second kappa shape index (κ2) is 13.8. The number of rotatable bonds is 4. The monoisotopic (exact) mass is 774 g/mol. The Labute approximate surface area is 351 Å². The number of fused-ring (bicyclic) bond motifs is 4. The summed E-state index contributed by atoms with van der Waals surface area (Å²) >= 11 is 7.42. The van der Waals surface area contributed by atoms with Gasteiger partial charge in [-0.2, -0.15) is 0 Å². The van der Waals surface area contributed by atoms with Gasteiger partial charge in [-0.25, -0.2) is 0 Å². The highest BCUT2D eigenvalue weighted by molar-refractivity contribution is 7.00. The van der Waals surface area contributed by atoms with Gasteiger partial charge in [0.2, 0.25) is 0 Å². The van der Waals surface area contributed by atoms with Crippen molar-refractivity contribution in [2.75, 3.05) is 9.80 Å². The van der Waals surface area contributed by atoms with Gasteiger partial charge in [-0.1, -0.05) is 149 Å². The highest BCUT2D eigenvalue weighted by Gasteiger charge is 2.45. The molecular formula is C54H52BClN2. The van der Waals surface area contributed by atoms with Gasteiger partial charge in [0.25, 0.3) is 6.71 Å². The molecule has 2 aliphatic heterocycles. The third-order valence-electron chi connectivity index (χ3n) is 12.4. The summed E-state index contributed by atoms with van der Waals surface area (Å²) in [4.78, 5) is 5.02. The van der Waals surface area contributed by atoms with Crippen LogP contribution in [0.15, 0.2) is 133 Å². The Kier molecular flexibility index (Phi) is 9.06. The van der Waals surface area contributed by atoms with E-state index in [4.69, 9.17) is 11.6 Å². The summed E-state index contributed by atoms with van der Waals surface area (Å²) in [6.07, 6.45) is 0. The fourth-order valence-electron chi connectivity index (χ4n) is 9.30. The molecule has 0 bridgehead atoms. The van der Waals surface area contributed by atoms with Crippen LogP contribution in [0.3, 0.4) is 0 Å². The van der Waals surface area contributed by atoms with Gasteiger partial charge in [0.15, 0.2) is 0 Å². The first-order chi connectivity index (χ1) is 27.6. The third kappa shape index (κ3) is 6.27. The molecule has 0 radical (unpaired) electrons. The van der Waals surface area contributed by atoms with Crippen LogP contribution < -0.4 is 26.2 Å². The van der Waals surface area contributed by atoms with Crippen molar-refractivity contribution >= 4 is 68.8 Å². The SMILES string of the molecule is Cc1ccc(N2c3ccc(C(C)(C)C)cc3B3c4cc(C(C)(C)C)ccc4N(c4ccc(C)cc4-c4ccccc4C)c4cc(Cl)cc2c43)c(-c2ccccc2C)c1. The van der Waals surface area contributed by atoms with E-state index < -0.39 is 0 Å². The summed E-state index contributed by atoms with van der Waals surface area (Å²) in [5, 5.41) is 0.709. The van der Waals surface area contributed by atoms with Crippen LogP contribution >= 0.6 is 11.6 Å². The van der Waals surface area contributed by atoms with E-state index in [1.165, 1.54) is 83.4 Å². The predicted octanol–water partition coefficient (Wildman–Crippen LogP) is 13.6. The van der Waals surface area contributed by atoms with E-state index in [-0.39, 0.29) is 17.5 Å². The minimum absolute atomic E-state index is 0.0240. The fourth-order valence-corrected chi connectivity index (χ4v) is 9.50. The van der Waals surface area contributed by atoms with Crippen LogP contribution in [-0.2, 0) is 10.8 Å². The molecule has 4 heteroatoms. The molecule has 0 saturated heterocycles. The van der Waals surface area contributed by atoms with Gasteiger partial charge >= 0.3 is 0 Å². The van der Waals surface area contributed by atoms with E-state index in [1.807, 2.05) is 0 Å². The van der Waals surface area contributed by atoms with Gasteiger partial charge in [-0.05, 0) is 137 Å². The zero-order chi connectivity index (χ0) is 40.8. The zero-order valence-electron chi connectivity index (χ0n) is 35.6. The van der Waals surface area contributed by atoms with Crippen LogP contribution in [0, 0.1) is 27.7 Å². The van der Waals surface area contributed by atoms with E-state index in [9.17, 15) is 0 Å². The molecule has 0 amide bonds. The quantitative estimate of drug-likeness (QED) is 0.164. The molecule has 0 unspecified atom stereocenters. The standard InChI is InChI=1S/C54H52BClN2/c1-33-19-23-46(42(27-33)40-17-13-11-15-35(40)3)57-48-25-21-37(53(5,6)7)29-44(48)55-45-30-38(54(8,9)10)22-26-49(45)58(51-32-39(56)31-50(57)52(51)55)47-24-20-34(2)28-43(47)41-18-14-12-16-36(41)4/h11-32H,1-10H3. The van der Waals surface area contributed by atoms with Crippen molar-refractivity contribution in [3.05, 3.63) is 172 Å². The van der Waals surface area contributed by atoms with Gasteiger partial charge in [-0.3, -0.25) is 0 Å². The molecule has 0 fully saturated rings. The lowest BCUT2D eigenvalue weighted by molar-refractivity contribution is 0.590. The highest BCUT2D eigenvalue weighted by Crippen LogP contribution is 2.50. The van der Waals surface area contributed by atoms with Crippen molar-refractivity contribution < 1.29 is 0 Å². The van der Waals surface area contributed by atoms with Crippen molar-refractivity contribution in [1.29, 1.82) is 0 Å². The number of hydrogen-bond donors (Lipinski definition) is 0. The van der Waals surface area contributed by atoms with E-state index in [1.54, 1.807) is 0 Å². The summed E-state index contributed by atoms with van der Waals surface area (Å²) in [5.41, 5.74) is 23.2. The van der Waals surface area contributed by atoms with E-state index >= 15 is 0 Å². The van der Waals surface area contributed by atoms with Crippen molar-refractivity contribution in [2.45, 2.75) is 80.1 Å². The van der Waals surface area contributed by atoms with Gasteiger partial charge < -0.3 is 9.80 Å². The normalized spacial score (nSPS) is 13.3. The molecule has 0 aromatic heterocycles. The molecule has 0 atom stereocenters. The average Bonchev–Trinajstić information content (AvgIpc) is 3.17. The molecule has 0 spiro atoms. The molecule has 7 aromatic carbocycles. The number of aryl methyl sites for hydroxylation is 4. The molecule has 0 aliphatic carbocycles. The van der Waals surface area contributed by atoms with Gasteiger partial charge in [0.05, 0.1) is 11.4 Å². The molecule has 0 N–H and O–H groups in total. The topological polar surface area (TPSA) is 6.48 Å². The number of benzene rings is 7. The zero-order valence-corrected chi connectivity index (χ0v) is 36.3. The van der Waals surface area contributed by atoms with E-state index in [2.05, 4.69) is 212 Å². The molecule has 0 saturated carbocycles. The summed E-state index contributed by atoms with van der Waals surface area (Å²) in [7, 11) is 0. The Morgan fingerprint density at radius 1 is 0.414 bits per heavy atom. The first-order valence-corrected chi connectivity index (χ1v) is 21.0. The minimum Gasteiger partial charge on any atom is -0.311 e. The van der Waals surface area contributed by atoms with Crippen LogP contribution in [0.2, 0.25) is 5.02 Å². The van der Waals surface area contributed by atoms with Crippen molar-refractivity contribution in [2.24, 2.45) is 0 Å². The number of hydrogen-bond acceptors (Lipinski definition) is 2. The number of halogens is 1. The lowest BCUT2D eigenvalue weighted by Gasteiger charge is -2.45. The smallest absolute Gasteiger partial charge is 0.252 e. The Hall–Kier alpha value is -5.51. The summed E-state index contributed by atoms with van der Waals surface area (Å²) in [6.45, 7) is 22.7. The molecule has 7 aromatic rings. The predicted molar refractivity (Wildman–Crippen MR) is 253 cm³/mol. The Morgan fingerprint density at radius 3 is 1.21 bits per heavy atom. The molecule has 2 aliphatic rings. The van der Waals surface area contributed by atoms with Crippen molar-refractivity contribution in [1.82, 2.24) is 0 Å². The molecule has 9 rings (SSSR count). The van der Waals surface area contributed by atoms with Gasteiger partial charge in [0, 0.05) is 38.9 Å². The maximum atomic E-state index is 7.42. The Balaban J connectivity index is 1.43. The summed E-state index contributed by atoms with van der Waals surface area (Å²) in [6, 6.07) is 50.2. The summed E-state index contributed by atoms with van der Waals surface area (Å²) in [5.74, 6) is 0. The molecule has 2 heterocycles. The van der Waals surface area contributed by atoms with E-state index in [0.717, 1.165) is 22.7 Å². The van der Waals surface area contributed by atoms with Crippen LogP contribution in [0.1, 0.15) is 74.9 Å². The van der Waals surface area contributed by atoms with Crippen molar-refractivity contribution in [3.8, 4) is 22.3 Å². The van der Waals surface area contributed by atoms with Gasteiger partial charge in [-0.15, -0.1) is 0 Å².